The van der Waals surface area contributed by atoms with Crippen LogP contribution in [0.2, 0.25) is 0 Å². The van der Waals surface area contributed by atoms with Gasteiger partial charge in [0.1, 0.15) is 29.8 Å². The number of hydrazone groups is 1. The highest BCUT2D eigenvalue weighted by atomic mass is 32.2. The number of nitrogens with zero attached hydrogens (tertiary/aromatic N) is 4. The molecule has 174 valence electrons. The van der Waals surface area contributed by atoms with Crippen LogP contribution in [0.5, 0.6) is 11.5 Å². The zero-order chi connectivity index (χ0) is 24.2. The molecule has 0 saturated carbocycles. The first-order valence-electron chi connectivity index (χ1n) is 10.9. The molecule has 2 aromatic carbocycles. The van der Waals surface area contributed by atoms with Gasteiger partial charge in [-0.15, -0.1) is 0 Å². The quantitative estimate of drug-likeness (QED) is 0.392. The first kappa shape index (κ1) is 22.5. The van der Waals surface area contributed by atoms with Crippen molar-refractivity contribution in [3.05, 3.63) is 95.3 Å². The molecule has 3 aromatic rings. The SMILES string of the molecule is Cc1cccc(OCCOc2ccc(C=C3C(=N)N4N=C(c5cccnc5)SC4=NC3=O)cc2)c1. The molecule has 0 atom stereocenters. The summed E-state index contributed by atoms with van der Waals surface area (Å²) in [7, 11) is 0. The molecule has 0 bridgehead atoms. The molecular formula is C26H21N5O3S. The van der Waals surface area contributed by atoms with E-state index in [1.54, 1.807) is 18.5 Å². The zero-order valence-corrected chi connectivity index (χ0v) is 19.7. The average Bonchev–Trinajstić information content (AvgIpc) is 3.30. The van der Waals surface area contributed by atoms with Crippen LogP contribution >= 0.6 is 11.8 Å². The van der Waals surface area contributed by atoms with Gasteiger partial charge < -0.3 is 9.47 Å². The molecule has 2 aliphatic heterocycles. The monoisotopic (exact) mass is 483 g/mol. The molecule has 1 N–H and O–H groups in total. The number of amidine groups is 2. The van der Waals surface area contributed by atoms with Crippen molar-refractivity contribution < 1.29 is 14.3 Å². The second kappa shape index (κ2) is 9.94. The fourth-order valence-corrected chi connectivity index (χ4v) is 4.33. The molecule has 0 aliphatic carbocycles. The van der Waals surface area contributed by atoms with Gasteiger partial charge in [-0.05, 0) is 72.3 Å². The van der Waals surface area contributed by atoms with Crippen molar-refractivity contribution >= 4 is 39.8 Å². The van der Waals surface area contributed by atoms with Crippen LogP contribution in [-0.4, -0.2) is 45.2 Å². The van der Waals surface area contributed by atoms with Crippen LogP contribution in [0.3, 0.4) is 0 Å². The Balaban J connectivity index is 1.22. The van der Waals surface area contributed by atoms with Gasteiger partial charge in [-0.25, -0.2) is 0 Å². The molecule has 3 heterocycles. The molecule has 9 heteroatoms. The number of nitrogens with one attached hydrogen (secondary N) is 1. The van der Waals surface area contributed by atoms with E-state index in [2.05, 4.69) is 15.1 Å². The van der Waals surface area contributed by atoms with Crippen molar-refractivity contribution in [2.75, 3.05) is 13.2 Å². The van der Waals surface area contributed by atoms with Crippen LogP contribution in [0.1, 0.15) is 16.7 Å². The summed E-state index contributed by atoms with van der Waals surface area (Å²) in [5, 5.41) is 15.4. The molecule has 1 amide bonds. The van der Waals surface area contributed by atoms with Gasteiger partial charge >= 0.3 is 0 Å². The molecule has 2 aliphatic rings. The number of pyridine rings is 1. The summed E-state index contributed by atoms with van der Waals surface area (Å²) < 4.78 is 11.4. The van der Waals surface area contributed by atoms with Crippen LogP contribution in [0, 0.1) is 12.3 Å². The van der Waals surface area contributed by atoms with Crippen LogP contribution in [0.15, 0.2) is 88.7 Å². The lowest BCUT2D eigenvalue weighted by atomic mass is 10.1. The summed E-state index contributed by atoms with van der Waals surface area (Å²) >= 11 is 1.24. The van der Waals surface area contributed by atoms with Gasteiger partial charge in [-0.1, -0.05) is 24.3 Å². The number of aryl methyl sites for hydroxylation is 1. The van der Waals surface area contributed by atoms with Crippen LogP contribution in [0.25, 0.3) is 6.08 Å². The minimum atomic E-state index is -0.468. The first-order chi connectivity index (χ1) is 17.1. The molecule has 35 heavy (non-hydrogen) atoms. The van der Waals surface area contributed by atoms with Gasteiger partial charge in [0.25, 0.3) is 5.91 Å². The van der Waals surface area contributed by atoms with Crippen molar-refractivity contribution in [1.29, 1.82) is 5.41 Å². The Kier molecular flexibility index (Phi) is 6.40. The maximum atomic E-state index is 12.6. The highest BCUT2D eigenvalue weighted by molar-refractivity contribution is 8.27. The number of hydrogen-bond acceptors (Lipinski definition) is 7. The third-order valence-electron chi connectivity index (χ3n) is 5.16. The van der Waals surface area contributed by atoms with Gasteiger partial charge in [0, 0.05) is 18.0 Å². The Morgan fingerprint density at radius 2 is 1.83 bits per heavy atom. The van der Waals surface area contributed by atoms with Gasteiger partial charge in [-0.2, -0.15) is 15.1 Å². The molecule has 8 nitrogen and oxygen atoms in total. The van der Waals surface area contributed by atoms with Gasteiger partial charge in [-0.3, -0.25) is 15.2 Å². The Morgan fingerprint density at radius 3 is 2.57 bits per heavy atom. The minimum absolute atomic E-state index is 0.0139. The number of amides is 1. The third kappa shape index (κ3) is 5.15. The molecule has 0 saturated heterocycles. The van der Waals surface area contributed by atoms with Crippen molar-refractivity contribution in [3.63, 3.8) is 0 Å². The number of benzene rings is 2. The van der Waals surface area contributed by atoms with Gasteiger partial charge in [0.2, 0.25) is 5.17 Å². The third-order valence-corrected chi connectivity index (χ3v) is 6.12. The van der Waals surface area contributed by atoms with E-state index in [0.29, 0.717) is 29.2 Å². The highest BCUT2D eigenvalue weighted by Crippen LogP contribution is 2.30. The average molecular weight is 484 g/mol. The summed E-state index contributed by atoms with van der Waals surface area (Å²) in [5.41, 5.74) is 2.87. The second-order valence-corrected chi connectivity index (χ2v) is 8.71. The number of carbonyl (C=O) groups is 1. The Labute approximate surface area is 206 Å². The van der Waals surface area contributed by atoms with Crippen molar-refractivity contribution in [1.82, 2.24) is 9.99 Å². The number of ether oxygens (including phenoxy) is 2. The van der Waals surface area contributed by atoms with Crippen molar-refractivity contribution in [2.24, 2.45) is 10.1 Å². The Morgan fingerprint density at radius 1 is 1.03 bits per heavy atom. The number of thioether (sulfide) groups is 1. The van der Waals surface area contributed by atoms with Crippen LogP contribution < -0.4 is 9.47 Å². The van der Waals surface area contributed by atoms with E-state index < -0.39 is 5.91 Å². The summed E-state index contributed by atoms with van der Waals surface area (Å²) in [6, 6.07) is 18.8. The van der Waals surface area contributed by atoms with Crippen LogP contribution in [-0.2, 0) is 4.79 Å². The first-order valence-corrected chi connectivity index (χ1v) is 11.7. The lowest BCUT2D eigenvalue weighted by Crippen LogP contribution is -2.35. The molecule has 0 radical (unpaired) electrons. The second-order valence-electron chi connectivity index (χ2n) is 7.75. The molecule has 0 fully saturated rings. The number of carbonyl (C=O) groups excluding carboxylic acids is 1. The topological polar surface area (TPSA) is 100 Å². The Bertz CT molecular complexity index is 1370. The minimum Gasteiger partial charge on any atom is -0.490 e. The number of hydrogen-bond donors (Lipinski definition) is 1. The fraction of sp³-hybridized carbons (Fsp3) is 0.115. The number of aliphatic imine (C=N–C) groups is 1. The number of rotatable bonds is 7. The molecule has 0 spiro atoms. The maximum absolute atomic E-state index is 12.6. The highest BCUT2D eigenvalue weighted by Gasteiger charge is 2.36. The predicted molar refractivity (Wildman–Crippen MR) is 137 cm³/mol. The van der Waals surface area contributed by atoms with E-state index in [0.717, 1.165) is 22.4 Å². The summed E-state index contributed by atoms with van der Waals surface area (Å²) in [6.45, 7) is 2.85. The lowest BCUT2D eigenvalue weighted by molar-refractivity contribution is -0.114. The Hall–Kier alpha value is -4.24. The summed E-state index contributed by atoms with van der Waals surface area (Å²) in [6.07, 6.45) is 5.00. The zero-order valence-electron chi connectivity index (χ0n) is 18.8. The largest absolute Gasteiger partial charge is 0.490 e. The van der Waals surface area contributed by atoms with E-state index in [-0.39, 0.29) is 11.4 Å². The molecular weight excluding hydrogens is 462 g/mol. The summed E-state index contributed by atoms with van der Waals surface area (Å²) in [5.74, 6) is 1.02. The van der Waals surface area contributed by atoms with Gasteiger partial charge in [0.15, 0.2) is 5.84 Å². The van der Waals surface area contributed by atoms with E-state index in [9.17, 15) is 4.79 Å². The van der Waals surface area contributed by atoms with Gasteiger partial charge in [0.05, 0.1) is 5.57 Å². The van der Waals surface area contributed by atoms with Crippen LogP contribution in [0.4, 0.5) is 0 Å². The van der Waals surface area contributed by atoms with Crippen molar-refractivity contribution in [2.45, 2.75) is 6.92 Å². The predicted octanol–water partition coefficient (Wildman–Crippen LogP) is 4.52. The number of fused-ring (bicyclic) bond motifs is 1. The number of aromatic nitrogens is 1. The molecule has 1 aromatic heterocycles. The van der Waals surface area contributed by atoms with E-state index in [1.165, 1.54) is 16.8 Å². The fourth-order valence-electron chi connectivity index (χ4n) is 3.45. The molecule has 0 unspecified atom stereocenters. The van der Waals surface area contributed by atoms with E-state index in [1.807, 2.05) is 67.6 Å². The molecule has 5 rings (SSSR count). The normalized spacial score (nSPS) is 16.1. The maximum Gasteiger partial charge on any atom is 0.283 e. The standard InChI is InChI=1S/C26H21N5O3S/c1-17-4-2-6-21(14-17)34-13-12-33-20-9-7-18(8-10-20)15-22-23(27)31-26(29-24(22)32)35-25(30-31)19-5-3-11-28-16-19/h2-11,14-16,27H,12-13H2,1H3. The summed E-state index contributed by atoms with van der Waals surface area (Å²) in [4.78, 5) is 20.9. The van der Waals surface area contributed by atoms with E-state index >= 15 is 0 Å². The van der Waals surface area contributed by atoms with Crippen molar-refractivity contribution in [3.8, 4) is 11.5 Å². The lowest BCUT2D eigenvalue weighted by Gasteiger charge is -2.20. The van der Waals surface area contributed by atoms with E-state index in [4.69, 9.17) is 14.9 Å². The smallest absolute Gasteiger partial charge is 0.283 e.